The Morgan fingerprint density at radius 3 is 2.82 bits per heavy atom. The summed E-state index contributed by atoms with van der Waals surface area (Å²) in [6.07, 6.45) is 1.07. The van der Waals surface area contributed by atoms with E-state index < -0.39 is 0 Å². The summed E-state index contributed by atoms with van der Waals surface area (Å²) in [6.45, 7) is 3.12. The highest BCUT2D eigenvalue weighted by atomic mass is 35.5. The van der Waals surface area contributed by atoms with E-state index in [1.54, 1.807) is 11.3 Å². The first-order chi connectivity index (χ1) is 8.27. The summed E-state index contributed by atoms with van der Waals surface area (Å²) in [5.41, 5.74) is 2.56. The molecule has 0 saturated heterocycles. The van der Waals surface area contributed by atoms with Gasteiger partial charge in [0.05, 0.1) is 0 Å². The molecule has 0 bridgehead atoms. The average Bonchev–Trinajstić information content (AvgIpc) is 2.82. The Morgan fingerprint density at radius 1 is 1.29 bits per heavy atom. The van der Waals surface area contributed by atoms with Gasteiger partial charge in [-0.15, -0.1) is 0 Å². The summed E-state index contributed by atoms with van der Waals surface area (Å²) in [7, 11) is 0. The van der Waals surface area contributed by atoms with Crippen LogP contribution in [-0.2, 0) is 6.42 Å². The van der Waals surface area contributed by atoms with E-state index in [9.17, 15) is 0 Å². The number of thiophene rings is 1. The lowest BCUT2D eigenvalue weighted by Gasteiger charge is -2.15. The molecule has 0 spiro atoms. The molecule has 2 rings (SSSR count). The second-order valence-corrected chi connectivity index (χ2v) is 5.27. The van der Waals surface area contributed by atoms with Gasteiger partial charge >= 0.3 is 0 Å². The van der Waals surface area contributed by atoms with Gasteiger partial charge in [0.2, 0.25) is 0 Å². The van der Waals surface area contributed by atoms with Crippen molar-refractivity contribution < 1.29 is 0 Å². The van der Waals surface area contributed by atoms with E-state index in [4.69, 9.17) is 11.6 Å². The van der Waals surface area contributed by atoms with Gasteiger partial charge in [-0.2, -0.15) is 11.3 Å². The molecule has 3 heteroatoms. The van der Waals surface area contributed by atoms with Crippen molar-refractivity contribution in [3.8, 4) is 0 Å². The molecule has 1 N–H and O–H groups in total. The second kappa shape index (κ2) is 6.20. The van der Waals surface area contributed by atoms with Gasteiger partial charge in [0.25, 0.3) is 0 Å². The van der Waals surface area contributed by atoms with Gasteiger partial charge in [0.1, 0.15) is 0 Å². The van der Waals surface area contributed by atoms with E-state index in [0.717, 1.165) is 18.0 Å². The van der Waals surface area contributed by atoms with Gasteiger partial charge < -0.3 is 5.32 Å². The molecule has 1 aromatic heterocycles. The molecule has 0 saturated carbocycles. The maximum atomic E-state index is 6.16. The Morgan fingerprint density at radius 2 is 2.12 bits per heavy atom. The summed E-state index contributed by atoms with van der Waals surface area (Å²) in [6, 6.07) is 10.5. The number of hydrogen-bond donors (Lipinski definition) is 1. The highest BCUT2D eigenvalue weighted by molar-refractivity contribution is 7.07. The zero-order valence-corrected chi connectivity index (χ0v) is 11.4. The third-order valence-electron chi connectivity index (χ3n) is 2.82. The van der Waals surface area contributed by atoms with Crippen molar-refractivity contribution in [1.82, 2.24) is 5.32 Å². The predicted molar refractivity (Wildman–Crippen MR) is 75.9 cm³/mol. The van der Waals surface area contributed by atoms with Gasteiger partial charge in [0.15, 0.2) is 0 Å². The molecular formula is C14H16ClNS. The largest absolute Gasteiger partial charge is 0.310 e. The van der Waals surface area contributed by atoms with Crippen molar-refractivity contribution in [1.29, 1.82) is 0 Å². The van der Waals surface area contributed by atoms with Crippen LogP contribution in [0.1, 0.15) is 24.1 Å². The van der Waals surface area contributed by atoms with Crippen LogP contribution in [0.2, 0.25) is 5.02 Å². The summed E-state index contributed by atoms with van der Waals surface area (Å²) in [5.74, 6) is 0. The Kier molecular flexibility index (Phi) is 4.60. The van der Waals surface area contributed by atoms with Crippen LogP contribution in [0, 0.1) is 0 Å². The molecule has 1 nitrogen and oxygen atoms in total. The number of halogens is 1. The Balaban J connectivity index is 1.85. The molecular weight excluding hydrogens is 250 g/mol. The summed E-state index contributed by atoms with van der Waals surface area (Å²) in [4.78, 5) is 0. The first-order valence-corrected chi connectivity index (χ1v) is 7.08. The first-order valence-electron chi connectivity index (χ1n) is 5.76. The van der Waals surface area contributed by atoms with Crippen molar-refractivity contribution in [2.75, 3.05) is 6.54 Å². The molecule has 90 valence electrons. The van der Waals surface area contributed by atoms with Crippen LogP contribution >= 0.6 is 22.9 Å². The van der Waals surface area contributed by atoms with Crippen molar-refractivity contribution in [2.24, 2.45) is 0 Å². The zero-order valence-electron chi connectivity index (χ0n) is 9.82. The molecule has 1 aromatic carbocycles. The van der Waals surface area contributed by atoms with E-state index in [1.165, 1.54) is 11.1 Å². The van der Waals surface area contributed by atoms with Crippen molar-refractivity contribution in [3.63, 3.8) is 0 Å². The average molecular weight is 266 g/mol. The molecule has 1 unspecified atom stereocenters. The first kappa shape index (κ1) is 12.6. The number of hydrogen-bond acceptors (Lipinski definition) is 2. The number of rotatable bonds is 5. The molecule has 0 radical (unpaired) electrons. The standard InChI is InChI=1S/C14H16ClNS/c1-11(13-4-2-3-5-14(13)15)16-8-6-12-7-9-17-10-12/h2-5,7,9-11,16H,6,8H2,1H3. The lowest BCUT2D eigenvalue weighted by molar-refractivity contribution is 0.577. The maximum absolute atomic E-state index is 6.16. The molecule has 0 fully saturated rings. The van der Waals surface area contributed by atoms with Gasteiger partial charge in [0, 0.05) is 11.1 Å². The second-order valence-electron chi connectivity index (χ2n) is 4.08. The minimum atomic E-state index is 0.294. The maximum Gasteiger partial charge on any atom is 0.0453 e. The lowest BCUT2D eigenvalue weighted by atomic mass is 10.1. The van der Waals surface area contributed by atoms with Gasteiger partial charge in [-0.05, 0) is 53.9 Å². The summed E-state index contributed by atoms with van der Waals surface area (Å²) in [5, 5.41) is 8.65. The molecule has 0 aliphatic heterocycles. The van der Waals surface area contributed by atoms with E-state index in [0.29, 0.717) is 6.04 Å². The molecule has 0 aliphatic rings. The van der Waals surface area contributed by atoms with Crippen molar-refractivity contribution in [3.05, 3.63) is 57.2 Å². The topological polar surface area (TPSA) is 12.0 Å². The fourth-order valence-corrected chi connectivity index (χ4v) is 2.81. The molecule has 0 amide bonds. The molecule has 17 heavy (non-hydrogen) atoms. The fraction of sp³-hybridized carbons (Fsp3) is 0.286. The van der Waals surface area contributed by atoms with Crippen molar-refractivity contribution >= 4 is 22.9 Å². The van der Waals surface area contributed by atoms with E-state index in [2.05, 4.69) is 35.1 Å². The van der Waals surface area contributed by atoms with E-state index in [1.807, 2.05) is 18.2 Å². The normalized spacial score (nSPS) is 12.6. The molecule has 1 atom stereocenters. The Bertz CT molecular complexity index is 453. The highest BCUT2D eigenvalue weighted by Crippen LogP contribution is 2.21. The smallest absolute Gasteiger partial charge is 0.0453 e. The summed E-state index contributed by atoms with van der Waals surface area (Å²) >= 11 is 7.91. The lowest BCUT2D eigenvalue weighted by Crippen LogP contribution is -2.21. The number of nitrogens with one attached hydrogen (secondary N) is 1. The Labute approximate surface area is 111 Å². The monoisotopic (exact) mass is 265 g/mol. The quantitative estimate of drug-likeness (QED) is 0.850. The van der Waals surface area contributed by atoms with Crippen LogP contribution in [0.25, 0.3) is 0 Å². The van der Waals surface area contributed by atoms with Crippen molar-refractivity contribution in [2.45, 2.75) is 19.4 Å². The third kappa shape index (κ3) is 3.56. The summed E-state index contributed by atoms with van der Waals surface area (Å²) < 4.78 is 0. The highest BCUT2D eigenvalue weighted by Gasteiger charge is 2.07. The van der Waals surface area contributed by atoms with E-state index >= 15 is 0 Å². The minimum absolute atomic E-state index is 0.294. The van der Waals surface area contributed by atoms with Gasteiger partial charge in [-0.1, -0.05) is 29.8 Å². The van der Waals surface area contributed by atoms with Crippen LogP contribution in [0.5, 0.6) is 0 Å². The van der Waals surface area contributed by atoms with Crippen LogP contribution < -0.4 is 5.32 Å². The Hall–Kier alpha value is -0.830. The van der Waals surface area contributed by atoms with Gasteiger partial charge in [-0.25, -0.2) is 0 Å². The fourth-order valence-electron chi connectivity index (χ4n) is 1.80. The van der Waals surface area contributed by atoms with E-state index in [-0.39, 0.29) is 0 Å². The third-order valence-corrected chi connectivity index (χ3v) is 3.89. The van der Waals surface area contributed by atoms with Crippen LogP contribution in [0.4, 0.5) is 0 Å². The number of benzene rings is 1. The van der Waals surface area contributed by atoms with Crippen LogP contribution in [0.3, 0.4) is 0 Å². The predicted octanol–water partition coefficient (Wildman–Crippen LogP) is 4.29. The minimum Gasteiger partial charge on any atom is -0.310 e. The SMILES string of the molecule is CC(NCCc1ccsc1)c1ccccc1Cl. The molecule has 0 aliphatic carbocycles. The van der Waals surface area contributed by atoms with Gasteiger partial charge in [-0.3, -0.25) is 0 Å². The van der Waals surface area contributed by atoms with Crippen LogP contribution in [0.15, 0.2) is 41.1 Å². The zero-order chi connectivity index (χ0) is 12.1. The van der Waals surface area contributed by atoms with Crippen LogP contribution in [-0.4, -0.2) is 6.54 Å². The molecule has 2 aromatic rings. The molecule has 1 heterocycles.